The van der Waals surface area contributed by atoms with Gasteiger partial charge in [0.05, 0.1) is 30.9 Å². The summed E-state index contributed by atoms with van der Waals surface area (Å²) < 4.78 is 24.8. The molecular weight excluding hydrogens is 425 g/mol. The lowest BCUT2D eigenvalue weighted by Crippen LogP contribution is -2.29. The Morgan fingerprint density at radius 3 is 2.48 bits per heavy atom. The molecule has 168 valence electrons. The quantitative estimate of drug-likeness (QED) is 0.332. The Bertz CT molecular complexity index is 1240. The van der Waals surface area contributed by atoms with E-state index < -0.39 is 29.3 Å². The molecule has 0 bridgehead atoms. The number of Topliss-reactive ketones (excluding diaryl/α,β-unsaturated/α-hetero) is 1. The van der Waals surface area contributed by atoms with Gasteiger partial charge in [0.2, 0.25) is 0 Å². The number of amides is 1. The fraction of sp³-hybridized carbons (Fsp3) is 0.154. The Morgan fingerprint density at radius 1 is 1.03 bits per heavy atom. The minimum absolute atomic E-state index is 0.0144. The number of anilines is 1. The van der Waals surface area contributed by atoms with E-state index in [0.29, 0.717) is 23.6 Å². The summed E-state index contributed by atoms with van der Waals surface area (Å²) in [6, 6.07) is 18.3. The van der Waals surface area contributed by atoms with Gasteiger partial charge in [-0.05, 0) is 42.8 Å². The molecule has 3 aromatic carbocycles. The second-order valence-corrected chi connectivity index (χ2v) is 7.35. The van der Waals surface area contributed by atoms with Crippen LogP contribution in [0.3, 0.4) is 0 Å². The molecule has 0 saturated carbocycles. The highest BCUT2D eigenvalue weighted by Crippen LogP contribution is 2.43. The van der Waals surface area contributed by atoms with Crippen LogP contribution in [0.15, 0.2) is 78.4 Å². The number of ether oxygens (including phenoxy) is 2. The molecule has 33 heavy (non-hydrogen) atoms. The number of hydrogen-bond donors (Lipinski definition) is 1. The van der Waals surface area contributed by atoms with Crippen LogP contribution in [0, 0.1) is 5.82 Å². The van der Waals surface area contributed by atoms with Gasteiger partial charge in [0.15, 0.2) is 0 Å². The van der Waals surface area contributed by atoms with Crippen LogP contribution in [0.2, 0.25) is 0 Å². The van der Waals surface area contributed by atoms with Crippen molar-refractivity contribution < 1.29 is 28.6 Å². The second kappa shape index (κ2) is 9.16. The molecule has 1 atom stereocenters. The lowest BCUT2D eigenvalue weighted by atomic mass is 9.95. The smallest absolute Gasteiger partial charge is 0.300 e. The van der Waals surface area contributed by atoms with Crippen molar-refractivity contribution in [2.24, 2.45) is 0 Å². The fourth-order valence-electron chi connectivity index (χ4n) is 3.95. The topological polar surface area (TPSA) is 76.1 Å². The number of rotatable bonds is 6. The first kappa shape index (κ1) is 22.1. The molecule has 1 unspecified atom stereocenters. The van der Waals surface area contributed by atoms with Gasteiger partial charge < -0.3 is 14.6 Å². The van der Waals surface area contributed by atoms with Gasteiger partial charge in [-0.3, -0.25) is 14.5 Å². The van der Waals surface area contributed by atoms with E-state index in [1.807, 2.05) is 6.92 Å². The zero-order valence-electron chi connectivity index (χ0n) is 18.1. The maximum Gasteiger partial charge on any atom is 0.300 e. The molecule has 1 N–H and O–H groups in total. The van der Waals surface area contributed by atoms with Crippen molar-refractivity contribution in [3.8, 4) is 11.5 Å². The molecule has 1 saturated heterocycles. The average molecular weight is 447 g/mol. The highest BCUT2D eigenvalue weighted by Gasteiger charge is 2.47. The Balaban J connectivity index is 1.95. The largest absolute Gasteiger partial charge is 0.507 e. The standard InChI is InChI=1S/C26H22FNO5/c1-3-33-19-11-7-10-18(15-19)28-23(16-8-5-4-6-9-16)22(25(30)26(28)31)24(29)20-14-17(27)12-13-21(20)32-2/h4-15,23,29H,3H2,1-2H3/b24-22+. The first-order valence-electron chi connectivity index (χ1n) is 10.4. The lowest BCUT2D eigenvalue weighted by molar-refractivity contribution is -0.132. The van der Waals surface area contributed by atoms with E-state index in [1.165, 1.54) is 24.1 Å². The minimum Gasteiger partial charge on any atom is -0.507 e. The van der Waals surface area contributed by atoms with E-state index in [1.54, 1.807) is 54.6 Å². The molecule has 1 aliphatic heterocycles. The van der Waals surface area contributed by atoms with Gasteiger partial charge in [-0.2, -0.15) is 0 Å². The third-order valence-electron chi connectivity index (χ3n) is 5.38. The zero-order valence-corrected chi connectivity index (χ0v) is 18.1. The van der Waals surface area contributed by atoms with Crippen LogP contribution in [0.4, 0.5) is 10.1 Å². The van der Waals surface area contributed by atoms with Crippen LogP contribution in [-0.4, -0.2) is 30.5 Å². The molecule has 0 aromatic heterocycles. The predicted octanol–water partition coefficient (Wildman–Crippen LogP) is 4.86. The normalized spacial score (nSPS) is 17.3. The SMILES string of the molecule is CCOc1cccc(N2C(=O)C(=O)/C(=C(/O)c3cc(F)ccc3OC)C2c2ccccc2)c1. The maximum absolute atomic E-state index is 14.0. The molecular formula is C26H22FNO5. The number of aliphatic hydroxyl groups excluding tert-OH is 1. The average Bonchev–Trinajstić information content (AvgIpc) is 3.10. The summed E-state index contributed by atoms with van der Waals surface area (Å²) >= 11 is 0. The van der Waals surface area contributed by atoms with E-state index in [0.717, 1.165) is 6.07 Å². The molecule has 1 amide bonds. The van der Waals surface area contributed by atoms with Gasteiger partial charge in [0, 0.05) is 11.8 Å². The van der Waals surface area contributed by atoms with E-state index in [9.17, 15) is 19.1 Å². The van der Waals surface area contributed by atoms with E-state index >= 15 is 0 Å². The zero-order chi connectivity index (χ0) is 23.5. The summed E-state index contributed by atoms with van der Waals surface area (Å²) in [4.78, 5) is 27.7. The highest BCUT2D eigenvalue weighted by atomic mass is 19.1. The van der Waals surface area contributed by atoms with Crippen LogP contribution in [0.25, 0.3) is 5.76 Å². The second-order valence-electron chi connectivity index (χ2n) is 7.35. The van der Waals surface area contributed by atoms with Gasteiger partial charge in [0.25, 0.3) is 11.7 Å². The third-order valence-corrected chi connectivity index (χ3v) is 5.38. The number of carbonyl (C=O) groups excluding carboxylic acids is 2. The van der Waals surface area contributed by atoms with Crippen molar-refractivity contribution in [3.05, 3.63) is 95.3 Å². The number of nitrogens with zero attached hydrogens (tertiary/aromatic N) is 1. The van der Waals surface area contributed by atoms with E-state index in [2.05, 4.69) is 0 Å². The summed E-state index contributed by atoms with van der Waals surface area (Å²) in [5.74, 6) is -2.11. The lowest BCUT2D eigenvalue weighted by Gasteiger charge is -2.26. The molecule has 7 heteroatoms. The Hall–Kier alpha value is -4.13. The van der Waals surface area contributed by atoms with E-state index in [-0.39, 0.29) is 16.9 Å². The molecule has 0 spiro atoms. The fourth-order valence-corrected chi connectivity index (χ4v) is 3.95. The molecule has 1 fully saturated rings. The van der Waals surface area contributed by atoms with Crippen LogP contribution in [-0.2, 0) is 9.59 Å². The molecule has 3 aromatic rings. The minimum atomic E-state index is -0.934. The van der Waals surface area contributed by atoms with Crippen LogP contribution in [0.5, 0.6) is 11.5 Å². The third kappa shape index (κ3) is 4.05. The molecule has 0 radical (unpaired) electrons. The highest BCUT2D eigenvalue weighted by molar-refractivity contribution is 6.51. The summed E-state index contributed by atoms with van der Waals surface area (Å²) in [6.07, 6.45) is 0. The van der Waals surface area contributed by atoms with Crippen molar-refractivity contribution in [3.63, 3.8) is 0 Å². The Labute approximate surface area is 190 Å². The summed E-state index contributed by atoms with van der Waals surface area (Å²) in [5, 5.41) is 11.2. The number of ketones is 1. The van der Waals surface area contributed by atoms with Gasteiger partial charge in [0.1, 0.15) is 23.1 Å². The summed E-state index contributed by atoms with van der Waals surface area (Å²) in [5.41, 5.74) is 0.869. The number of halogens is 1. The van der Waals surface area contributed by atoms with Gasteiger partial charge >= 0.3 is 0 Å². The van der Waals surface area contributed by atoms with Gasteiger partial charge in [-0.15, -0.1) is 0 Å². The van der Waals surface area contributed by atoms with Crippen molar-refractivity contribution in [2.75, 3.05) is 18.6 Å². The summed E-state index contributed by atoms with van der Waals surface area (Å²) in [6.45, 7) is 2.28. The van der Waals surface area contributed by atoms with Crippen molar-refractivity contribution in [1.82, 2.24) is 0 Å². The van der Waals surface area contributed by atoms with Crippen LogP contribution in [0.1, 0.15) is 24.1 Å². The van der Waals surface area contributed by atoms with Gasteiger partial charge in [-0.25, -0.2) is 4.39 Å². The van der Waals surface area contributed by atoms with Crippen LogP contribution >= 0.6 is 0 Å². The molecule has 1 heterocycles. The first-order chi connectivity index (χ1) is 16.0. The first-order valence-corrected chi connectivity index (χ1v) is 10.4. The number of hydrogen-bond acceptors (Lipinski definition) is 5. The number of carbonyl (C=O) groups is 2. The Kier molecular flexibility index (Phi) is 6.13. The molecule has 4 rings (SSSR count). The maximum atomic E-state index is 14.0. The molecule has 0 aliphatic carbocycles. The van der Waals surface area contributed by atoms with Gasteiger partial charge in [-0.1, -0.05) is 36.4 Å². The number of aliphatic hydroxyl groups is 1. The van der Waals surface area contributed by atoms with Crippen molar-refractivity contribution in [1.29, 1.82) is 0 Å². The molecule has 1 aliphatic rings. The summed E-state index contributed by atoms with van der Waals surface area (Å²) in [7, 11) is 1.37. The van der Waals surface area contributed by atoms with Crippen LogP contribution < -0.4 is 14.4 Å². The molecule has 6 nitrogen and oxygen atoms in total. The monoisotopic (exact) mass is 447 g/mol. The number of benzene rings is 3. The van der Waals surface area contributed by atoms with Crippen molar-refractivity contribution in [2.45, 2.75) is 13.0 Å². The Morgan fingerprint density at radius 2 is 1.79 bits per heavy atom. The number of methoxy groups -OCH3 is 1. The predicted molar refractivity (Wildman–Crippen MR) is 122 cm³/mol. The van der Waals surface area contributed by atoms with E-state index in [4.69, 9.17) is 9.47 Å². The van der Waals surface area contributed by atoms with Crippen molar-refractivity contribution >= 4 is 23.1 Å².